The third kappa shape index (κ3) is 3.40. The highest BCUT2D eigenvalue weighted by Crippen LogP contribution is 2.51. The Morgan fingerprint density at radius 2 is 1.36 bits per heavy atom. The van der Waals surface area contributed by atoms with Gasteiger partial charge in [0.15, 0.2) is 5.82 Å². The van der Waals surface area contributed by atoms with E-state index in [1.165, 1.54) is 58.8 Å². The van der Waals surface area contributed by atoms with Crippen molar-refractivity contribution in [2.75, 3.05) is 0 Å². The molecule has 9 aromatic rings. The monoisotopic (exact) mass is 593 g/mol. The van der Waals surface area contributed by atoms with E-state index in [2.05, 4.69) is 146 Å². The van der Waals surface area contributed by atoms with Crippen molar-refractivity contribution in [3.05, 3.63) is 139 Å². The Hall–Kier alpha value is -5.32. The first-order chi connectivity index (χ1) is 22.1. The molecule has 6 aromatic carbocycles. The van der Waals surface area contributed by atoms with Gasteiger partial charge < -0.3 is 4.57 Å². The third-order valence-electron chi connectivity index (χ3n) is 9.78. The van der Waals surface area contributed by atoms with Crippen LogP contribution in [0, 0.1) is 0 Å². The molecule has 0 amide bonds. The zero-order valence-electron chi connectivity index (χ0n) is 24.9. The quantitative estimate of drug-likeness (QED) is 0.200. The van der Waals surface area contributed by atoms with Gasteiger partial charge in [0.25, 0.3) is 0 Å². The average molecular weight is 594 g/mol. The van der Waals surface area contributed by atoms with Gasteiger partial charge in [0.05, 0.1) is 22.4 Å². The van der Waals surface area contributed by atoms with Crippen LogP contribution < -0.4 is 0 Å². The summed E-state index contributed by atoms with van der Waals surface area (Å²) in [6.45, 7) is 4.71. The highest BCUT2D eigenvalue weighted by atomic mass is 32.1. The molecule has 0 aliphatic carbocycles. The highest BCUT2D eigenvalue weighted by Gasteiger charge is 2.36. The number of aromatic nitrogens is 3. The molecular formula is C41H27N3S. The average Bonchev–Trinajstić information content (AvgIpc) is 3.62. The van der Waals surface area contributed by atoms with E-state index < -0.39 is 0 Å². The molecule has 1 aliphatic rings. The lowest BCUT2D eigenvalue weighted by Gasteiger charge is -2.35. The van der Waals surface area contributed by atoms with Gasteiger partial charge in [0, 0.05) is 42.8 Å². The van der Waals surface area contributed by atoms with E-state index in [4.69, 9.17) is 9.97 Å². The normalized spacial score (nSPS) is 13.7. The second-order valence-electron chi connectivity index (χ2n) is 12.6. The van der Waals surface area contributed by atoms with Crippen LogP contribution >= 0.6 is 11.3 Å². The van der Waals surface area contributed by atoms with E-state index in [9.17, 15) is 0 Å². The van der Waals surface area contributed by atoms with Crippen LogP contribution in [0.15, 0.2) is 127 Å². The molecule has 0 saturated heterocycles. The Balaban J connectivity index is 1.22. The first-order valence-corrected chi connectivity index (χ1v) is 16.2. The molecule has 0 unspecified atom stereocenters. The summed E-state index contributed by atoms with van der Waals surface area (Å²) in [5.74, 6) is 0.749. The number of benzene rings is 6. The van der Waals surface area contributed by atoms with Crippen molar-refractivity contribution in [1.29, 1.82) is 0 Å². The van der Waals surface area contributed by atoms with Crippen molar-refractivity contribution < 1.29 is 0 Å². The highest BCUT2D eigenvalue weighted by molar-refractivity contribution is 7.25. The molecular weight excluding hydrogens is 567 g/mol. The van der Waals surface area contributed by atoms with Crippen molar-refractivity contribution in [1.82, 2.24) is 14.5 Å². The van der Waals surface area contributed by atoms with Gasteiger partial charge in [0.1, 0.15) is 4.83 Å². The van der Waals surface area contributed by atoms with E-state index in [0.717, 1.165) is 33.5 Å². The number of thiophene rings is 1. The van der Waals surface area contributed by atoms with Crippen LogP contribution in [0.4, 0.5) is 0 Å². The second-order valence-corrected chi connectivity index (χ2v) is 13.7. The standard InChI is InChI=1S/C41H27N3S/c1-41(2)31-15-9-14-30-36-29-13-6-8-17-35(29)45-40(36)44(38(30)31)34-21-20-27(23-32(34)41)39-42-33-16-7-5-12-28(33)37(43-39)26-19-18-24-10-3-4-11-25(24)22-26/h3-23H,1-2H3. The van der Waals surface area contributed by atoms with Crippen LogP contribution in [0.25, 0.3) is 81.2 Å². The predicted octanol–water partition coefficient (Wildman–Crippen LogP) is 11.1. The maximum atomic E-state index is 5.28. The van der Waals surface area contributed by atoms with Crippen LogP contribution in [-0.2, 0) is 5.41 Å². The van der Waals surface area contributed by atoms with E-state index >= 15 is 0 Å². The fraction of sp³-hybridized carbons (Fsp3) is 0.0732. The van der Waals surface area contributed by atoms with E-state index in [1.54, 1.807) is 0 Å². The van der Waals surface area contributed by atoms with Gasteiger partial charge in [-0.2, -0.15) is 0 Å². The number of nitrogens with zero attached hydrogens (tertiary/aromatic N) is 3. The molecule has 1 aliphatic heterocycles. The van der Waals surface area contributed by atoms with Gasteiger partial charge in [-0.3, -0.25) is 0 Å². The largest absolute Gasteiger partial charge is 0.300 e. The van der Waals surface area contributed by atoms with E-state index in [0.29, 0.717) is 0 Å². The molecule has 3 nitrogen and oxygen atoms in total. The lowest BCUT2D eigenvalue weighted by atomic mass is 9.74. The predicted molar refractivity (Wildman–Crippen MR) is 190 cm³/mol. The summed E-state index contributed by atoms with van der Waals surface area (Å²) in [4.78, 5) is 11.7. The molecule has 0 fully saturated rings. The maximum Gasteiger partial charge on any atom is 0.160 e. The minimum absolute atomic E-state index is 0.199. The summed E-state index contributed by atoms with van der Waals surface area (Å²) in [7, 11) is 0. The van der Waals surface area contributed by atoms with Gasteiger partial charge in [-0.15, -0.1) is 11.3 Å². The summed E-state index contributed by atoms with van der Waals surface area (Å²) < 4.78 is 3.84. The summed E-state index contributed by atoms with van der Waals surface area (Å²) >= 11 is 1.89. The fourth-order valence-corrected chi connectivity index (χ4v) is 8.79. The number of rotatable bonds is 2. The molecule has 0 atom stereocenters. The van der Waals surface area contributed by atoms with Crippen molar-refractivity contribution in [2.24, 2.45) is 0 Å². The smallest absolute Gasteiger partial charge is 0.160 e. The molecule has 45 heavy (non-hydrogen) atoms. The summed E-state index contributed by atoms with van der Waals surface area (Å²) in [6, 6.07) is 45.9. The first kappa shape index (κ1) is 25.1. The van der Waals surface area contributed by atoms with Crippen LogP contribution in [-0.4, -0.2) is 14.5 Å². The van der Waals surface area contributed by atoms with Crippen LogP contribution in [0.2, 0.25) is 0 Å². The number of fused-ring (bicyclic) bond motifs is 9. The molecule has 4 heteroatoms. The van der Waals surface area contributed by atoms with Gasteiger partial charge >= 0.3 is 0 Å². The summed E-state index contributed by atoms with van der Waals surface area (Å²) in [5, 5.41) is 7.52. The van der Waals surface area contributed by atoms with Gasteiger partial charge in [-0.25, -0.2) is 9.97 Å². The van der Waals surface area contributed by atoms with Gasteiger partial charge in [-0.1, -0.05) is 105 Å². The summed E-state index contributed by atoms with van der Waals surface area (Å²) in [6.07, 6.45) is 0. The molecule has 0 radical (unpaired) electrons. The lowest BCUT2D eigenvalue weighted by molar-refractivity contribution is 0.630. The van der Waals surface area contributed by atoms with Gasteiger partial charge in [0.2, 0.25) is 0 Å². The fourth-order valence-electron chi connectivity index (χ4n) is 7.55. The lowest BCUT2D eigenvalue weighted by Crippen LogP contribution is -2.26. The number of hydrogen-bond donors (Lipinski definition) is 0. The van der Waals surface area contributed by atoms with E-state index in [1.807, 2.05) is 11.3 Å². The zero-order chi connectivity index (χ0) is 29.9. The Kier molecular flexibility index (Phi) is 4.94. The molecule has 10 rings (SSSR count). The minimum Gasteiger partial charge on any atom is -0.300 e. The van der Waals surface area contributed by atoms with Gasteiger partial charge in [-0.05, 0) is 58.3 Å². The maximum absolute atomic E-state index is 5.28. The topological polar surface area (TPSA) is 30.7 Å². The van der Waals surface area contributed by atoms with Crippen LogP contribution in [0.3, 0.4) is 0 Å². The molecule has 4 heterocycles. The van der Waals surface area contributed by atoms with Crippen LogP contribution in [0.1, 0.15) is 25.0 Å². The molecule has 0 bridgehead atoms. The Morgan fingerprint density at radius 3 is 2.27 bits per heavy atom. The molecule has 0 saturated carbocycles. The number of hydrogen-bond acceptors (Lipinski definition) is 3. The molecule has 0 spiro atoms. The Morgan fingerprint density at radius 1 is 0.600 bits per heavy atom. The second kappa shape index (κ2) is 8.87. The SMILES string of the molecule is CC1(C)c2cc(-c3nc(-c4ccc5ccccc5c4)c4ccccc4n3)ccc2-n2c3sc4ccccc4c3c3cccc1c32. The van der Waals surface area contributed by atoms with E-state index in [-0.39, 0.29) is 5.41 Å². The van der Waals surface area contributed by atoms with Crippen molar-refractivity contribution in [3.63, 3.8) is 0 Å². The van der Waals surface area contributed by atoms with Crippen molar-refractivity contribution in [2.45, 2.75) is 19.3 Å². The zero-order valence-corrected chi connectivity index (χ0v) is 25.7. The van der Waals surface area contributed by atoms with Crippen molar-refractivity contribution >= 4 is 64.2 Å². The summed E-state index contributed by atoms with van der Waals surface area (Å²) in [5.41, 5.74) is 9.06. The minimum atomic E-state index is -0.199. The Labute approximate surface area is 264 Å². The Bertz CT molecular complexity index is 2690. The molecule has 3 aromatic heterocycles. The number of para-hydroxylation sites is 2. The van der Waals surface area contributed by atoms with Crippen molar-refractivity contribution in [3.8, 4) is 28.3 Å². The first-order valence-electron chi connectivity index (χ1n) is 15.4. The third-order valence-corrected chi connectivity index (χ3v) is 10.9. The molecule has 212 valence electrons. The molecule has 0 N–H and O–H groups in total. The van der Waals surface area contributed by atoms with Crippen LogP contribution in [0.5, 0.6) is 0 Å².